The van der Waals surface area contributed by atoms with Crippen LogP contribution in [0.5, 0.6) is 0 Å². The molecule has 1 aliphatic carbocycles. The molecule has 1 saturated carbocycles. The highest BCUT2D eigenvalue weighted by Gasteiger charge is 2.26. The van der Waals surface area contributed by atoms with E-state index in [1.807, 2.05) is 0 Å². The molecule has 0 radical (unpaired) electrons. The summed E-state index contributed by atoms with van der Waals surface area (Å²) in [7, 11) is 0. The molecule has 1 fully saturated rings. The Morgan fingerprint density at radius 2 is 1.94 bits per heavy atom. The second kappa shape index (κ2) is 6.46. The molecular weight excluding hydrogens is 252 g/mol. The van der Waals surface area contributed by atoms with Crippen molar-refractivity contribution in [1.29, 1.82) is 0 Å². The molecule has 0 amide bonds. The summed E-state index contributed by atoms with van der Waals surface area (Å²) in [6, 6.07) is 10.6. The number of halogens is 1. The molecule has 0 aromatic heterocycles. The lowest BCUT2D eigenvalue weighted by Gasteiger charge is -2.31. The van der Waals surface area contributed by atoms with E-state index < -0.39 is 0 Å². The first kappa shape index (κ1) is 13.0. The monoisotopic (exact) mass is 268 g/mol. The van der Waals surface area contributed by atoms with Crippen molar-refractivity contribution >= 4 is 28.6 Å². The second-order valence-corrected chi connectivity index (χ2v) is 6.16. The number of hydrogen-bond donors (Lipinski definition) is 0. The van der Waals surface area contributed by atoms with E-state index in [0.717, 1.165) is 0 Å². The second-order valence-electron chi connectivity index (χ2n) is 4.51. The lowest BCUT2D eigenvalue weighted by molar-refractivity contribution is -0.109. The summed E-state index contributed by atoms with van der Waals surface area (Å²) in [5, 5.41) is 0.321. The van der Waals surface area contributed by atoms with E-state index in [-0.39, 0.29) is 5.24 Å². The quantitative estimate of drug-likeness (QED) is 0.761. The van der Waals surface area contributed by atoms with Gasteiger partial charge >= 0.3 is 0 Å². The predicted molar refractivity (Wildman–Crippen MR) is 74.8 cm³/mol. The van der Waals surface area contributed by atoms with E-state index in [1.54, 1.807) is 11.8 Å². The summed E-state index contributed by atoms with van der Waals surface area (Å²) >= 11 is 7.16. The van der Waals surface area contributed by atoms with Gasteiger partial charge in [0, 0.05) is 5.25 Å². The van der Waals surface area contributed by atoms with E-state index in [9.17, 15) is 4.79 Å². The van der Waals surface area contributed by atoms with Gasteiger partial charge in [0.05, 0.1) is 5.75 Å². The third-order valence-corrected chi connectivity index (χ3v) is 5.05. The van der Waals surface area contributed by atoms with Crippen molar-refractivity contribution in [2.24, 2.45) is 0 Å². The normalized spacial score (nSPS) is 24.5. The Bertz CT molecular complexity index is 366. The molecule has 3 heteroatoms. The maximum absolute atomic E-state index is 10.9. The summed E-state index contributed by atoms with van der Waals surface area (Å²) in [6.07, 6.45) is 5.01. The van der Waals surface area contributed by atoms with Gasteiger partial charge in [0.25, 0.3) is 0 Å². The lowest BCUT2D eigenvalue weighted by Crippen LogP contribution is -2.21. The first-order valence-electron chi connectivity index (χ1n) is 6.12. The molecule has 17 heavy (non-hydrogen) atoms. The van der Waals surface area contributed by atoms with Gasteiger partial charge < -0.3 is 0 Å². The van der Waals surface area contributed by atoms with Crippen molar-refractivity contribution < 1.29 is 4.79 Å². The highest BCUT2D eigenvalue weighted by Crippen LogP contribution is 2.39. The zero-order valence-corrected chi connectivity index (χ0v) is 11.3. The van der Waals surface area contributed by atoms with E-state index >= 15 is 0 Å². The van der Waals surface area contributed by atoms with E-state index in [0.29, 0.717) is 16.9 Å². The van der Waals surface area contributed by atoms with Gasteiger partial charge in [-0.15, -0.1) is 11.8 Å². The van der Waals surface area contributed by atoms with Crippen LogP contribution in [0.15, 0.2) is 30.3 Å². The first-order chi connectivity index (χ1) is 8.27. The van der Waals surface area contributed by atoms with Gasteiger partial charge in [-0.25, -0.2) is 0 Å². The van der Waals surface area contributed by atoms with Crippen LogP contribution in [-0.2, 0) is 4.79 Å². The molecule has 0 bridgehead atoms. The average Bonchev–Trinajstić information content (AvgIpc) is 2.38. The molecule has 2 atom stereocenters. The third kappa shape index (κ3) is 3.75. The maximum atomic E-state index is 10.9. The van der Waals surface area contributed by atoms with Gasteiger partial charge in [-0.2, -0.15) is 0 Å². The Morgan fingerprint density at radius 3 is 2.65 bits per heavy atom. The third-order valence-electron chi connectivity index (χ3n) is 3.34. The Morgan fingerprint density at radius 1 is 1.24 bits per heavy atom. The van der Waals surface area contributed by atoms with Crippen molar-refractivity contribution in [2.75, 3.05) is 5.75 Å². The summed E-state index contributed by atoms with van der Waals surface area (Å²) in [6.45, 7) is 0. The van der Waals surface area contributed by atoms with E-state index in [1.165, 1.54) is 31.2 Å². The molecular formula is C14H17ClOS. The van der Waals surface area contributed by atoms with Crippen molar-refractivity contribution in [3.05, 3.63) is 35.9 Å². The predicted octanol–water partition coefficient (Wildman–Crippen LogP) is 4.21. The molecule has 2 rings (SSSR count). The summed E-state index contributed by atoms with van der Waals surface area (Å²) in [5.74, 6) is 1.03. The van der Waals surface area contributed by atoms with E-state index in [4.69, 9.17) is 11.6 Å². The van der Waals surface area contributed by atoms with Gasteiger partial charge in [-0.1, -0.05) is 43.2 Å². The fourth-order valence-corrected chi connectivity index (χ4v) is 3.94. The van der Waals surface area contributed by atoms with Gasteiger partial charge in [0.1, 0.15) is 0 Å². The topological polar surface area (TPSA) is 17.1 Å². The molecule has 2 unspecified atom stereocenters. The fraction of sp³-hybridized carbons (Fsp3) is 0.500. The summed E-state index contributed by atoms with van der Waals surface area (Å²) in [4.78, 5) is 10.9. The molecule has 0 heterocycles. The molecule has 92 valence electrons. The molecule has 0 saturated heterocycles. The van der Waals surface area contributed by atoms with Crippen molar-refractivity contribution in [2.45, 2.75) is 36.9 Å². The largest absolute Gasteiger partial charge is 0.280 e. The minimum Gasteiger partial charge on any atom is -0.280 e. The number of thioether (sulfide) groups is 1. The Balaban J connectivity index is 2.04. The van der Waals surface area contributed by atoms with Crippen LogP contribution in [0.1, 0.15) is 37.2 Å². The molecule has 1 aliphatic rings. The highest BCUT2D eigenvalue weighted by atomic mass is 35.5. The number of carbonyl (C=O) groups excluding carboxylic acids is 1. The average molecular weight is 269 g/mol. The van der Waals surface area contributed by atoms with Gasteiger partial charge in [-0.3, -0.25) is 4.79 Å². The zero-order valence-electron chi connectivity index (χ0n) is 9.77. The zero-order chi connectivity index (χ0) is 12.1. The minimum absolute atomic E-state index is 0.229. The Kier molecular flexibility index (Phi) is 4.93. The van der Waals surface area contributed by atoms with Crippen LogP contribution in [0.2, 0.25) is 0 Å². The standard InChI is InChI=1S/C14H17ClOS/c15-14(16)10-17-13-9-5-4-8-12(13)11-6-2-1-3-7-11/h1-3,6-7,12-13H,4-5,8-10H2. The van der Waals surface area contributed by atoms with Crippen LogP contribution < -0.4 is 0 Å². The summed E-state index contributed by atoms with van der Waals surface area (Å²) in [5.41, 5.74) is 1.41. The number of benzene rings is 1. The van der Waals surface area contributed by atoms with Crippen molar-refractivity contribution in [3.8, 4) is 0 Å². The van der Waals surface area contributed by atoms with Gasteiger partial charge in [0.15, 0.2) is 0 Å². The molecule has 1 aromatic rings. The first-order valence-corrected chi connectivity index (χ1v) is 7.55. The van der Waals surface area contributed by atoms with Crippen LogP contribution in [0.4, 0.5) is 0 Å². The SMILES string of the molecule is O=C(Cl)CSC1CCCCC1c1ccccc1. The van der Waals surface area contributed by atoms with Crippen molar-refractivity contribution in [3.63, 3.8) is 0 Å². The Hall–Kier alpha value is -0.470. The number of rotatable bonds is 4. The van der Waals surface area contributed by atoms with E-state index in [2.05, 4.69) is 30.3 Å². The van der Waals surface area contributed by atoms with Crippen molar-refractivity contribution in [1.82, 2.24) is 0 Å². The van der Waals surface area contributed by atoms with Gasteiger partial charge in [0.2, 0.25) is 5.24 Å². The summed E-state index contributed by atoms with van der Waals surface area (Å²) < 4.78 is 0. The molecule has 0 aliphatic heterocycles. The Labute approximate surface area is 112 Å². The minimum atomic E-state index is -0.229. The van der Waals surface area contributed by atoms with Crippen LogP contribution in [0, 0.1) is 0 Å². The van der Waals surface area contributed by atoms with Crippen LogP contribution in [0.25, 0.3) is 0 Å². The molecule has 1 nitrogen and oxygen atoms in total. The molecule has 1 aromatic carbocycles. The fourth-order valence-electron chi connectivity index (χ4n) is 2.55. The number of hydrogen-bond acceptors (Lipinski definition) is 2. The maximum Gasteiger partial charge on any atom is 0.231 e. The highest BCUT2D eigenvalue weighted by molar-refractivity contribution is 8.00. The number of carbonyl (C=O) groups is 1. The smallest absolute Gasteiger partial charge is 0.231 e. The van der Waals surface area contributed by atoms with Crippen LogP contribution in [-0.4, -0.2) is 16.2 Å². The lowest BCUT2D eigenvalue weighted by atomic mass is 9.83. The van der Waals surface area contributed by atoms with Gasteiger partial charge in [-0.05, 0) is 35.9 Å². The van der Waals surface area contributed by atoms with Crippen LogP contribution >= 0.6 is 23.4 Å². The molecule has 0 spiro atoms. The van der Waals surface area contributed by atoms with Crippen LogP contribution in [0.3, 0.4) is 0 Å². The molecule has 0 N–H and O–H groups in total.